The van der Waals surface area contributed by atoms with Gasteiger partial charge >= 0.3 is 6.18 Å². The molecule has 0 spiro atoms. The van der Waals surface area contributed by atoms with E-state index in [1.54, 1.807) is 0 Å². The largest absolute Gasteiger partial charge is 0.416 e. The molecule has 1 aromatic rings. The van der Waals surface area contributed by atoms with Crippen molar-refractivity contribution in [3.05, 3.63) is 35.4 Å². The number of benzene rings is 1. The Kier molecular flexibility index (Phi) is 3.19. The third-order valence-electron chi connectivity index (χ3n) is 3.42. The van der Waals surface area contributed by atoms with E-state index in [1.807, 2.05) is 0 Å². The highest BCUT2D eigenvalue weighted by Crippen LogP contribution is 2.32. The van der Waals surface area contributed by atoms with Gasteiger partial charge in [0.25, 0.3) is 0 Å². The van der Waals surface area contributed by atoms with E-state index in [0.29, 0.717) is 12.8 Å². The highest BCUT2D eigenvalue weighted by molar-refractivity contribution is 6.03. The molecule has 0 saturated heterocycles. The first-order valence-corrected chi connectivity index (χ1v) is 5.84. The van der Waals surface area contributed by atoms with Crippen LogP contribution in [0.15, 0.2) is 24.3 Å². The fourth-order valence-electron chi connectivity index (χ4n) is 2.33. The van der Waals surface area contributed by atoms with Gasteiger partial charge in [-0.05, 0) is 25.0 Å². The van der Waals surface area contributed by atoms with Crippen LogP contribution in [0.25, 0.3) is 0 Å². The third kappa shape index (κ3) is 2.41. The van der Waals surface area contributed by atoms with Crippen molar-refractivity contribution >= 4 is 5.78 Å². The predicted octanol–water partition coefficient (Wildman–Crippen LogP) is 3.16. The molecule has 98 valence electrons. The molecule has 1 aromatic carbocycles. The highest BCUT2D eigenvalue weighted by Gasteiger charge is 2.38. The summed E-state index contributed by atoms with van der Waals surface area (Å²) in [6.45, 7) is 0. The Morgan fingerprint density at radius 2 is 1.61 bits per heavy atom. The Labute approximate surface area is 103 Å². The molecular weight excluding hydrogens is 243 g/mol. The fourth-order valence-corrected chi connectivity index (χ4v) is 2.33. The number of halogens is 3. The molecule has 5 heteroatoms. The number of Topliss-reactive ketones (excluding diaryl/α,β-unsaturated/α-hetero) is 1. The van der Waals surface area contributed by atoms with Gasteiger partial charge in [0.1, 0.15) is 0 Å². The number of nitrogens with two attached hydrogens (primary N) is 1. The Balaban J connectivity index is 2.22. The number of hydrogen-bond donors (Lipinski definition) is 1. The minimum absolute atomic E-state index is 0.256. The number of rotatable bonds is 2. The first kappa shape index (κ1) is 13.1. The number of carbonyl (C=O) groups excluding carboxylic acids is 1. The lowest BCUT2D eigenvalue weighted by atomic mass is 9.88. The van der Waals surface area contributed by atoms with Crippen LogP contribution in [0, 0.1) is 0 Å². The zero-order valence-corrected chi connectivity index (χ0v) is 9.76. The maximum Gasteiger partial charge on any atom is 0.416 e. The molecule has 0 unspecified atom stereocenters. The van der Waals surface area contributed by atoms with Crippen LogP contribution < -0.4 is 5.73 Å². The Morgan fingerprint density at radius 1 is 1.11 bits per heavy atom. The van der Waals surface area contributed by atoms with Crippen molar-refractivity contribution in [2.75, 3.05) is 0 Å². The van der Waals surface area contributed by atoms with Crippen molar-refractivity contribution in [1.29, 1.82) is 0 Å². The first-order chi connectivity index (χ1) is 8.33. The summed E-state index contributed by atoms with van der Waals surface area (Å²) >= 11 is 0. The van der Waals surface area contributed by atoms with Crippen molar-refractivity contribution in [3.8, 4) is 0 Å². The van der Waals surface area contributed by atoms with Crippen molar-refractivity contribution in [2.24, 2.45) is 5.73 Å². The summed E-state index contributed by atoms with van der Waals surface area (Å²) < 4.78 is 37.2. The summed E-state index contributed by atoms with van der Waals surface area (Å²) in [5.74, 6) is -0.256. The second-order valence-electron chi connectivity index (χ2n) is 4.77. The van der Waals surface area contributed by atoms with Crippen LogP contribution >= 0.6 is 0 Å². The number of hydrogen-bond acceptors (Lipinski definition) is 2. The summed E-state index contributed by atoms with van der Waals surface area (Å²) in [5.41, 5.74) is 4.60. The van der Waals surface area contributed by atoms with Crippen molar-refractivity contribution in [1.82, 2.24) is 0 Å². The second kappa shape index (κ2) is 4.39. The zero-order chi connectivity index (χ0) is 13.4. The summed E-state index contributed by atoms with van der Waals surface area (Å²) in [4.78, 5) is 12.1. The van der Waals surface area contributed by atoms with Gasteiger partial charge in [-0.25, -0.2) is 0 Å². The Morgan fingerprint density at radius 3 is 2.06 bits per heavy atom. The molecule has 0 radical (unpaired) electrons. The average Bonchev–Trinajstić information content (AvgIpc) is 2.75. The van der Waals surface area contributed by atoms with Crippen molar-refractivity contribution < 1.29 is 18.0 Å². The molecule has 0 amide bonds. The SMILES string of the molecule is NC1(C(=O)c2ccc(C(F)(F)F)cc2)CCCC1. The predicted molar refractivity (Wildman–Crippen MR) is 61.2 cm³/mol. The van der Waals surface area contributed by atoms with E-state index in [1.165, 1.54) is 12.1 Å². The van der Waals surface area contributed by atoms with Crippen molar-refractivity contribution in [3.63, 3.8) is 0 Å². The Hall–Kier alpha value is -1.36. The number of carbonyl (C=O) groups is 1. The van der Waals surface area contributed by atoms with E-state index in [-0.39, 0.29) is 11.3 Å². The van der Waals surface area contributed by atoms with Crippen molar-refractivity contribution in [2.45, 2.75) is 37.4 Å². The van der Waals surface area contributed by atoms with Crippen LogP contribution in [0.1, 0.15) is 41.6 Å². The van der Waals surface area contributed by atoms with E-state index >= 15 is 0 Å². The maximum absolute atomic E-state index is 12.4. The normalized spacial score (nSPS) is 18.9. The molecule has 1 aliphatic rings. The molecule has 0 heterocycles. The molecule has 2 nitrogen and oxygen atoms in total. The summed E-state index contributed by atoms with van der Waals surface area (Å²) in [5, 5.41) is 0. The summed E-state index contributed by atoms with van der Waals surface area (Å²) in [6.07, 6.45) is -1.39. The lowest BCUT2D eigenvalue weighted by Crippen LogP contribution is -2.45. The number of alkyl halides is 3. The average molecular weight is 257 g/mol. The highest BCUT2D eigenvalue weighted by atomic mass is 19.4. The fraction of sp³-hybridized carbons (Fsp3) is 0.462. The molecule has 0 atom stereocenters. The molecule has 1 fully saturated rings. The number of ketones is 1. The van der Waals surface area contributed by atoms with Crippen LogP contribution in [0.4, 0.5) is 13.2 Å². The van der Waals surface area contributed by atoms with Crippen LogP contribution in [0.5, 0.6) is 0 Å². The smallest absolute Gasteiger partial charge is 0.319 e. The monoisotopic (exact) mass is 257 g/mol. The van der Waals surface area contributed by atoms with Crippen LogP contribution in [-0.2, 0) is 6.18 Å². The van der Waals surface area contributed by atoms with E-state index < -0.39 is 17.3 Å². The Bertz CT molecular complexity index is 444. The quantitative estimate of drug-likeness (QED) is 0.827. The summed E-state index contributed by atoms with van der Waals surface area (Å²) in [7, 11) is 0. The van der Waals surface area contributed by atoms with E-state index in [2.05, 4.69) is 0 Å². The molecule has 2 rings (SSSR count). The minimum Gasteiger partial charge on any atom is -0.319 e. The molecule has 18 heavy (non-hydrogen) atoms. The minimum atomic E-state index is -4.38. The van der Waals surface area contributed by atoms with Gasteiger partial charge in [0.2, 0.25) is 0 Å². The molecule has 2 N–H and O–H groups in total. The molecule has 1 saturated carbocycles. The molecule has 1 aliphatic carbocycles. The zero-order valence-electron chi connectivity index (χ0n) is 9.76. The maximum atomic E-state index is 12.4. The molecule has 0 aliphatic heterocycles. The standard InChI is InChI=1S/C13H14F3NO/c14-13(15,16)10-5-3-9(4-6-10)11(18)12(17)7-1-2-8-12/h3-6H,1-2,7-8,17H2. The van der Waals surface area contributed by atoms with E-state index in [9.17, 15) is 18.0 Å². The van der Waals surface area contributed by atoms with Gasteiger partial charge in [0, 0.05) is 5.56 Å². The third-order valence-corrected chi connectivity index (χ3v) is 3.42. The molecule has 0 bridgehead atoms. The van der Waals surface area contributed by atoms with Gasteiger partial charge in [0.15, 0.2) is 5.78 Å². The topological polar surface area (TPSA) is 43.1 Å². The van der Waals surface area contributed by atoms with Crippen LogP contribution in [0.2, 0.25) is 0 Å². The van der Waals surface area contributed by atoms with Gasteiger partial charge in [0.05, 0.1) is 11.1 Å². The lowest BCUT2D eigenvalue weighted by Gasteiger charge is -2.21. The van der Waals surface area contributed by atoms with Gasteiger partial charge < -0.3 is 5.73 Å². The van der Waals surface area contributed by atoms with Gasteiger partial charge in [-0.3, -0.25) is 4.79 Å². The van der Waals surface area contributed by atoms with Crippen LogP contribution in [0.3, 0.4) is 0 Å². The van der Waals surface area contributed by atoms with Crippen LogP contribution in [-0.4, -0.2) is 11.3 Å². The molecule has 0 aromatic heterocycles. The second-order valence-corrected chi connectivity index (χ2v) is 4.77. The first-order valence-electron chi connectivity index (χ1n) is 5.84. The summed E-state index contributed by atoms with van der Waals surface area (Å²) in [6, 6.07) is 4.26. The lowest BCUT2D eigenvalue weighted by molar-refractivity contribution is -0.137. The van der Waals surface area contributed by atoms with E-state index in [4.69, 9.17) is 5.73 Å². The van der Waals surface area contributed by atoms with E-state index in [0.717, 1.165) is 25.0 Å². The molecular formula is C13H14F3NO. The van der Waals surface area contributed by atoms with Gasteiger partial charge in [-0.15, -0.1) is 0 Å². The van der Waals surface area contributed by atoms with Gasteiger partial charge in [-0.1, -0.05) is 25.0 Å². The van der Waals surface area contributed by atoms with Gasteiger partial charge in [-0.2, -0.15) is 13.2 Å².